The highest BCUT2D eigenvalue weighted by molar-refractivity contribution is 5.73. The SMILES string of the molecule is O=C(O)C(F)(F)F.O=C(O)C(F)(F)F.O=C(O)C(F)(F)F.c1cncc(CN2CCC3(CC2)CN(Cc2cccnc2)CCO3)c1. The van der Waals surface area contributed by atoms with Crippen LogP contribution in [0.25, 0.3) is 0 Å². The topological polar surface area (TPSA) is 153 Å². The van der Waals surface area contributed by atoms with Crippen LogP contribution in [0.15, 0.2) is 49.1 Å². The molecule has 0 bridgehead atoms. The summed E-state index contributed by atoms with van der Waals surface area (Å²) in [6.07, 6.45) is -5.42. The fourth-order valence-corrected chi connectivity index (χ4v) is 3.98. The van der Waals surface area contributed by atoms with Gasteiger partial charge in [0.05, 0.1) is 12.2 Å². The van der Waals surface area contributed by atoms with E-state index >= 15 is 0 Å². The zero-order valence-corrected chi connectivity index (χ0v) is 23.6. The highest BCUT2D eigenvalue weighted by Gasteiger charge is 2.40. The number of pyridine rings is 2. The Balaban J connectivity index is 0.000000413. The number of carboxylic acid groups (broad SMARTS) is 3. The van der Waals surface area contributed by atoms with Crippen molar-refractivity contribution in [3.8, 4) is 0 Å². The van der Waals surface area contributed by atoms with E-state index in [-0.39, 0.29) is 5.60 Å². The molecular formula is C26H29F9N4O7. The van der Waals surface area contributed by atoms with Crippen LogP contribution in [0, 0.1) is 0 Å². The first kappa shape index (κ1) is 40.0. The van der Waals surface area contributed by atoms with Crippen LogP contribution in [0.3, 0.4) is 0 Å². The maximum atomic E-state index is 10.6. The maximum absolute atomic E-state index is 10.6. The molecular weight excluding hydrogens is 651 g/mol. The van der Waals surface area contributed by atoms with Crippen LogP contribution in [0.2, 0.25) is 0 Å². The number of aliphatic carboxylic acids is 3. The first-order valence-corrected chi connectivity index (χ1v) is 12.9. The van der Waals surface area contributed by atoms with E-state index in [1.165, 1.54) is 11.1 Å². The van der Waals surface area contributed by atoms with Gasteiger partial charge in [-0.05, 0) is 36.1 Å². The molecule has 258 valence electrons. The fourth-order valence-electron chi connectivity index (χ4n) is 3.98. The first-order chi connectivity index (χ1) is 21.1. The predicted octanol–water partition coefficient (Wildman–Crippen LogP) is 4.24. The number of alkyl halides is 9. The number of carboxylic acids is 3. The van der Waals surface area contributed by atoms with Crippen LogP contribution in [0.1, 0.15) is 24.0 Å². The summed E-state index contributed by atoms with van der Waals surface area (Å²) in [6, 6.07) is 8.35. The number of aromatic nitrogens is 2. The number of likely N-dealkylation sites (tertiary alicyclic amines) is 1. The largest absolute Gasteiger partial charge is 0.490 e. The standard InChI is InChI=1S/C20H26N4O.3C2HF3O2/c1-3-18(13-21-7-1)15-23-9-5-20(6-10-23)17-24(11-12-25-20)16-19-4-2-8-22-14-19;3*3-2(4,5)1(6)7/h1-4,7-8,13-14H,5-6,9-12,15-17H2;3*(H,6,7). The van der Waals surface area contributed by atoms with Gasteiger partial charge in [0.2, 0.25) is 0 Å². The van der Waals surface area contributed by atoms with Gasteiger partial charge in [0.15, 0.2) is 0 Å². The average molecular weight is 681 g/mol. The monoisotopic (exact) mass is 680 g/mol. The summed E-state index contributed by atoms with van der Waals surface area (Å²) in [5.74, 6) is -8.27. The Morgan fingerprint density at radius 1 is 0.696 bits per heavy atom. The third kappa shape index (κ3) is 15.8. The van der Waals surface area contributed by atoms with Gasteiger partial charge in [0.1, 0.15) is 0 Å². The van der Waals surface area contributed by atoms with E-state index < -0.39 is 36.4 Å². The lowest BCUT2D eigenvalue weighted by Gasteiger charge is -2.47. The lowest BCUT2D eigenvalue weighted by molar-refractivity contribution is -0.193. The minimum Gasteiger partial charge on any atom is -0.475 e. The van der Waals surface area contributed by atoms with Gasteiger partial charge in [0.25, 0.3) is 0 Å². The molecule has 20 heteroatoms. The third-order valence-electron chi connectivity index (χ3n) is 6.08. The van der Waals surface area contributed by atoms with Crippen molar-refractivity contribution in [1.29, 1.82) is 0 Å². The smallest absolute Gasteiger partial charge is 0.475 e. The lowest BCUT2D eigenvalue weighted by atomic mass is 9.89. The first-order valence-electron chi connectivity index (χ1n) is 12.9. The normalized spacial score (nSPS) is 16.8. The molecule has 2 aliphatic rings. The quantitative estimate of drug-likeness (QED) is 0.398. The second-order valence-corrected chi connectivity index (χ2v) is 9.65. The van der Waals surface area contributed by atoms with Crippen molar-refractivity contribution >= 4 is 17.9 Å². The molecule has 2 fully saturated rings. The second kappa shape index (κ2) is 17.6. The van der Waals surface area contributed by atoms with Crippen LogP contribution in [0.5, 0.6) is 0 Å². The van der Waals surface area contributed by atoms with Crippen LogP contribution in [-0.4, -0.2) is 110 Å². The average Bonchev–Trinajstić information content (AvgIpc) is 2.95. The van der Waals surface area contributed by atoms with Gasteiger partial charge < -0.3 is 20.1 Å². The molecule has 2 aromatic heterocycles. The number of nitrogens with zero attached hydrogens (tertiary/aromatic N) is 4. The molecule has 0 aromatic carbocycles. The Hall–Kier alpha value is -4.04. The number of halogens is 9. The number of carbonyl (C=O) groups is 3. The van der Waals surface area contributed by atoms with Crippen molar-refractivity contribution in [2.45, 2.75) is 50.1 Å². The fraction of sp³-hybridized carbons (Fsp3) is 0.500. The van der Waals surface area contributed by atoms with Crippen molar-refractivity contribution in [2.75, 3.05) is 32.8 Å². The van der Waals surface area contributed by atoms with E-state index in [0.29, 0.717) is 0 Å². The highest BCUT2D eigenvalue weighted by atomic mass is 19.4. The molecule has 11 nitrogen and oxygen atoms in total. The van der Waals surface area contributed by atoms with Gasteiger partial charge in [-0.1, -0.05) is 12.1 Å². The molecule has 1 spiro atoms. The molecule has 4 heterocycles. The second-order valence-electron chi connectivity index (χ2n) is 9.65. The molecule has 0 unspecified atom stereocenters. The van der Waals surface area contributed by atoms with E-state index in [1.54, 1.807) is 0 Å². The lowest BCUT2D eigenvalue weighted by Crippen LogP contribution is -2.56. The van der Waals surface area contributed by atoms with Crippen LogP contribution in [-0.2, 0) is 32.2 Å². The number of morpholine rings is 1. The number of rotatable bonds is 4. The van der Waals surface area contributed by atoms with E-state index in [4.69, 9.17) is 34.4 Å². The summed E-state index contributed by atoms with van der Waals surface area (Å²) in [4.78, 5) is 40.2. The molecule has 0 amide bonds. The molecule has 0 saturated carbocycles. The van der Waals surface area contributed by atoms with Gasteiger partial charge in [-0.15, -0.1) is 0 Å². The van der Waals surface area contributed by atoms with E-state index in [2.05, 4.69) is 31.9 Å². The minimum atomic E-state index is -5.08. The molecule has 2 aromatic rings. The Bertz CT molecular complexity index is 1170. The van der Waals surface area contributed by atoms with Crippen molar-refractivity contribution < 1.29 is 74.0 Å². The molecule has 2 aliphatic heterocycles. The third-order valence-corrected chi connectivity index (χ3v) is 6.08. The zero-order chi connectivity index (χ0) is 35.2. The molecule has 0 atom stereocenters. The Morgan fingerprint density at radius 2 is 1.07 bits per heavy atom. The number of ether oxygens (including phenoxy) is 1. The molecule has 2 saturated heterocycles. The van der Waals surface area contributed by atoms with Crippen LogP contribution >= 0.6 is 0 Å². The summed E-state index contributed by atoms with van der Waals surface area (Å²) in [5.41, 5.74) is 2.61. The maximum Gasteiger partial charge on any atom is 0.490 e. The van der Waals surface area contributed by atoms with Crippen molar-refractivity contribution in [3.05, 3.63) is 60.2 Å². The molecule has 0 radical (unpaired) electrons. The van der Waals surface area contributed by atoms with Gasteiger partial charge in [-0.3, -0.25) is 19.8 Å². The van der Waals surface area contributed by atoms with Crippen molar-refractivity contribution in [3.63, 3.8) is 0 Å². The Labute approximate surface area is 255 Å². The Kier molecular flexibility index (Phi) is 15.3. The van der Waals surface area contributed by atoms with E-state index in [9.17, 15) is 39.5 Å². The summed E-state index contributed by atoms with van der Waals surface area (Å²) >= 11 is 0. The van der Waals surface area contributed by atoms with Crippen molar-refractivity contribution in [1.82, 2.24) is 19.8 Å². The summed E-state index contributed by atoms with van der Waals surface area (Å²) in [6.45, 7) is 7.02. The molecule has 0 aliphatic carbocycles. The highest BCUT2D eigenvalue weighted by Crippen LogP contribution is 2.31. The van der Waals surface area contributed by atoms with E-state index in [1.807, 2.05) is 36.9 Å². The summed E-state index contributed by atoms with van der Waals surface area (Å²) in [7, 11) is 0. The van der Waals surface area contributed by atoms with E-state index in [0.717, 1.165) is 58.7 Å². The molecule has 4 rings (SSSR count). The van der Waals surface area contributed by atoms with Gasteiger partial charge in [-0.25, -0.2) is 14.4 Å². The number of hydrogen-bond donors (Lipinski definition) is 3. The van der Waals surface area contributed by atoms with Gasteiger partial charge in [-0.2, -0.15) is 39.5 Å². The molecule has 46 heavy (non-hydrogen) atoms. The Morgan fingerprint density at radius 3 is 1.39 bits per heavy atom. The molecule has 3 N–H and O–H groups in total. The number of piperidine rings is 1. The summed E-state index contributed by atoms with van der Waals surface area (Å²) in [5, 5.41) is 21.4. The van der Waals surface area contributed by atoms with Gasteiger partial charge >= 0.3 is 36.4 Å². The van der Waals surface area contributed by atoms with Crippen molar-refractivity contribution in [2.24, 2.45) is 0 Å². The predicted molar refractivity (Wildman–Crippen MR) is 138 cm³/mol. The minimum absolute atomic E-state index is 0.0336. The van der Waals surface area contributed by atoms with Crippen LogP contribution in [0.4, 0.5) is 39.5 Å². The number of hydrogen-bond acceptors (Lipinski definition) is 8. The van der Waals surface area contributed by atoms with Crippen LogP contribution < -0.4 is 0 Å². The summed E-state index contributed by atoms with van der Waals surface area (Å²) < 4.78 is 101. The zero-order valence-electron chi connectivity index (χ0n) is 23.6. The van der Waals surface area contributed by atoms with Gasteiger partial charge in [0, 0.05) is 64.1 Å².